The van der Waals surface area contributed by atoms with E-state index in [-0.39, 0.29) is 23.3 Å². The summed E-state index contributed by atoms with van der Waals surface area (Å²) in [7, 11) is -2.11. The number of carbonyl (C=O) groups excluding carboxylic acids is 1. The van der Waals surface area contributed by atoms with Gasteiger partial charge >= 0.3 is 0 Å². The van der Waals surface area contributed by atoms with Gasteiger partial charge in [0.25, 0.3) is 0 Å². The van der Waals surface area contributed by atoms with E-state index in [0.29, 0.717) is 38.2 Å². The molecule has 1 amide bonds. The highest BCUT2D eigenvalue weighted by atomic mass is 32.2. The molecule has 2 aromatic carbocycles. The summed E-state index contributed by atoms with van der Waals surface area (Å²) in [5.41, 5.74) is 3.49. The van der Waals surface area contributed by atoms with Crippen LogP contribution in [0.5, 0.6) is 5.75 Å². The highest BCUT2D eigenvalue weighted by Gasteiger charge is 2.36. The Kier molecular flexibility index (Phi) is 6.93. The highest BCUT2D eigenvalue weighted by Crippen LogP contribution is 2.33. The highest BCUT2D eigenvalue weighted by molar-refractivity contribution is 7.89. The first-order chi connectivity index (χ1) is 17.3. The van der Waals surface area contributed by atoms with Crippen molar-refractivity contribution < 1.29 is 17.9 Å². The number of fused-ring (bicyclic) bond motifs is 1. The summed E-state index contributed by atoms with van der Waals surface area (Å²) in [5.74, 6) is 0.349. The van der Waals surface area contributed by atoms with Crippen molar-refractivity contribution in [3.63, 3.8) is 0 Å². The summed E-state index contributed by atoms with van der Waals surface area (Å²) in [6, 6.07) is 10.7. The third kappa shape index (κ3) is 4.81. The Morgan fingerprint density at radius 3 is 2.47 bits per heavy atom. The number of rotatable bonds is 5. The molecule has 36 heavy (non-hydrogen) atoms. The molecule has 3 heterocycles. The zero-order chi connectivity index (χ0) is 25.4. The molecule has 0 saturated carbocycles. The minimum Gasteiger partial charge on any atom is -0.497 e. The van der Waals surface area contributed by atoms with E-state index in [1.165, 1.54) is 20.1 Å². The summed E-state index contributed by atoms with van der Waals surface area (Å²) in [4.78, 5) is 22.6. The molecule has 1 atom stereocenters. The lowest BCUT2D eigenvalue weighted by molar-refractivity contribution is -0.137. The van der Waals surface area contributed by atoms with E-state index >= 15 is 0 Å². The number of nitrogens with zero attached hydrogens (tertiary/aromatic N) is 4. The molecule has 0 aliphatic carbocycles. The Hall–Kier alpha value is -2.69. The topological polar surface area (TPSA) is 83.0 Å². The molecule has 8 nitrogen and oxygen atoms in total. The number of hydrogen-bond acceptors (Lipinski definition) is 7. The number of aryl methyl sites for hydroxylation is 2. The minimum absolute atomic E-state index is 0.0556. The van der Waals surface area contributed by atoms with Crippen LogP contribution in [-0.4, -0.2) is 74.9 Å². The quantitative estimate of drug-likeness (QED) is 0.503. The number of piperazine rings is 1. The first-order valence-electron chi connectivity index (χ1n) is 12.3. The number of anilines is 1. The summed E-state index contributed by atoms with van der Waals surface area (Å²) >= 11 is 1.71. The average Bonchev–Trinajstić information content (AvgIpc) is 3.33. The Labute approximate surface area is 216 Å². The van der Waals surface area contributed by atoms with Gasteiger partial charge in [-0.3, -0.25) is 4.79 Å². The van der Waals surface area contributed by atoms with E-state index in [1.54, 1.807) is 42.7 Å². The van der Waals surface area contributed by atoms with Crippen molar-refractivity contribution in [2.24, 2.45) is 5.92 Å². The van der Waals surface area contributed by atoms with E-state index in [2.05, 4.69) is 30.9 Å². The normalized spacial score (nSPS) is 19.6. The molecule has 2 fully saturated rings. The standard InChI is InChI=1S/C26H32N4O4S2/c1-18-15-19(2)24-23(16-18)27-26(35-24)29-13-11-28(12-14-29)25(31)20-5-4-10-30(17-20)36(32,33)22-8-6-21(34-3)7-9-22/h6-9,15-16,20H,4-5,10-14,17H2,1-3H3. The van der Waals surface area contributed by atoms with Gasteiger partial charge in [-0.25, -0.2) is 13.4 Å². The maximum Gasteiger partial charge on any atom is 0.243 e. The second-order valence-electron chi connectivity index (χ2n) is 9.62. The van der Waals surface area contributed by atoms with Crippen LogP contribution in [0.4, 0.5) is 5.13 Å². The smallest absolute Gasteiger partial charge is 0.243 e. The zero-order valence-electron chi connectivity index (χ0n) is 20.9. The molecule has 0 bridgehead atoms. The van der Waals surface area contributed by atoms with Gasteiger partial charge in [-0.05, 0) is 68.1 Å². The van der Waals surface area contributed by atoms with E-state index < -0.39 is 10.0 Å². The fraction of sp³-hybridized carbons (Fsp3) is 0.462. The van der Waals surface area contributed by atoms with Crippen LogP contribution in [0, 0.1) is 19.8 Å². The van der Waals surface area contributed by atoms with Gasteiger partial charge in [0, 0.05) is 39.3 Å². The number of aromatic nitrogens is 1. The SMILES string of the molecule is COc1ccc(S(=O)(=O)N2CCCC(C(=O)N3CCN(c4nc5cc(C)cc(C)c5s4)CC3)C2)cc1. The zero-order valence-corrected chi connectivity index (χ0v) is 22.6. The molecule has 0 N–H and O–H groups in total. The van der Waals surface area contributed by atoms with Crippen LogP contribution in [0.1, 0.15) is 24.0 Å². The predicted octanol–water partition coefficient (Wildman–Crippen LogP) is 3.67. The van der Waals surface area contributed by atoms with Crippen molar-refractivity contribution in [2.45, 2.75) is 31.6 Å². The first kappa shape index (κ1) is 25.0. The van der Waals surface area contributed by atoms with Crippen molar-refractivity contribution in [2.75, 3.05) is 51.3 Å². The van der Waals surface area contributed by atoms with E-state index in [9.17, 15) is 13.2 Å². The minimum atomic E-state index is -3.66. The van der Waals surface area contributed by atoms with E-state index in [0.717, 1.165) is 23.7 Å². The van der Waals surface area contributed by atoms with E-state index in [1.807, 2.05) is 4.90 Å². The van der Waals surface area contributed by atoms with E-state index in [4.69, 9.17) is 9.72 Å². The molecular formula is C26H32N4O4S2. The Balaban J connectivity index is 1.22. The lowest BCUT2D eigenvalue weighted by Crippen LogP contribution is -2.53. The van der Waals surface area contributed by atoms with Crippen LogP contribution in [0.2, 0.25) is 0 Å². The second-order valence-corrected chi connectivity index (χ2v) is 12.5. The largest absolute Gasteiger partial charge is 0.497 e. The fourth-order valence-corrected chi connectivity index (χ4v) is 7.73. The van der Waals surface area contributed by atoms with Gasteiger partial charge in [-0.1, -0.05) is 17.4 Å². The van der Waals surface area contributed by atoms with Crippen LogP contribution < -0.4 is 9.64 Å². The van der Waals surface area contributed by atoms with Crippen molar-refractivity contribution in [1.29, 1.82) is 0 Å². The summed E-state index contributed by atoms with van der Waals surface area (Å²) in [6.07, 6.45) is 1.39. The van der Waals surface area contributed by atoms with Gasteiger partial charge in [0.15, 0.2) is 5.13 Å². The van der Waals surface area contributed by atoms with Gasteiger partial charge in [0.05, 0.1) is 28.1 Å². The molecule has 3 aromatic rings. The van der Waals surface area contributed by atoms with Gasteiger partial charge in [-0.15, -0.1) is 0 Å². The van der Waals surface area contributed by atoms with Crippen LogP contribution in [0.15, 0.2) is 41.3 Å². The van der Waals surface area contributed by atoms with Crippen LogP contribution in [0.3, 0.4) is 0 Å². The average molecular weight is 529 g/mol. The molecular weight excluding hydrogens is 496 g/mol. The number of carbonyl (C=O) groups is 1. The molecule has 5 rings (SSSR count). The van der Waals surface area contributed by atoms with Crippen molar-refractivity contribution in [1.82, 2.24) is 14.2 Å². The Morgan fingerprint density at radius 1 is 1.06 bits per heavy atom. The predicted molar refractivity (Wildman–Crippen MR) is 142 cm³/mol. The fourth-order valence-electron chi connectivity index (χ4n) is 5.14. The second kappa shape index (κ2) is 9.99. The van der Waals surface area contributed by atoms with Crippen molar-refractivity contribution in [3.8, 4) is 5.75 Å². The number of piperidine rings is 1. The molecule has 0 radical (unpaired) electrons. The molecule has 1 aromatic heterocycles. The first-order valence-corrected chi connectivity index (χ1v) is 14.6. The van der Waals surface area contributed by atoms with Crippen molar-refractivity contribution >= 4 is 42.6 Å². The lowest BCUT2D eigenvalue weighted by atomic mass is 9.98. The molecule has 0 spiro atoms. The maximum atomic E-state index is 13.4. The monoisotopic (exact) mass is 528 g/mol. The number of benzene rings is 2. The van der Waals surface area contributed by atoms with Crippen LogP contribution >= 0.6 is 11.3 Å². The van der Waals surface area contributed by atoms with Gasteiger partial charge in [0.1, 0.15) is 5.75 Å². The number of sulfonamides is 1. The number of hydrogen-bond donors (Lipinski definition) is 0. The third-order valence-corrected chi connectivity index (χ3v) is 10.2. The third-order valence-electron chi connectivity index (χ3n) is 7.10. The summed E-state index contributed by atoms with van der Waals surface area (Å²) in [5, 5.41) is 1.00. The Bertz CT molecular complexity index is 1360. The van der Waals surface area contributed by atoms with Crippen LogP contribution in [0.25, 0.3) is 10.2 Å². The molecule has 2 saturated heterocycles. The number of amides is 1. The molecule has 2 aliphatic rings. The van der Waals surface area contributed by atoms with Gasteiger partial charge in [-0.2, -0.15) is 4.31 Å². The number of methoxy groups -OCH3 is 1. The Morgan fingerprint density at radius 2 is 1.78 bits per heavy atom. The van der Waals surface area contributed by atoms with Gasteiger partial charge in [0.2, 0.25) is 15.9 Å². The summed E-state index contributed by atoms with van der Waals surface area (Å²) in [6.45, 7) is 7.56. The summed E-state index contributed by atoms with van der Waals surface area (Å²) < 4.78 is 34.2. The van der Waals surface area contributed by atoms with Crippen molar-refractivity contribution in [3.05, 3.63) is 47.5 Å². The van der Waals surface area contributed by atoms with Crippen LogP contribution in [-0.2, 0) is 14.8 Å². The maximum absolute atomic E-state index is 13.4. The number of ether oxygens (including phenoxy) is 1. The molecule has 192 valence electrons. The molecule has 1 unspecified atom stereocenters. The molecule has 10 heteroatoms. The van der Waals surface area contributed by atoms with Gasteiger partial charge < -0.3 is 14.5 Å². The number of thiazole rings is 1. The molecule has 2 aliphatic heterocycles. The lowest BCUT2D eigenvalue weighted by Gasteiger charge is -2.38.